The number of hydrogen-bond donors (Lipinski definition) is 0. The Hall–Kier alpha value is -3.23. The third-order valence-electron chi connectivity index (χ3n) is 5.40. The van der Waals surface area contributed by atoms with E-state index in [-0.39, 0.29) is 12.2 Å². The van der Waals surface area contributed by atoms with Crippen LogP contribution < -0.4 is 0 Å². The summed E-state index contributed by atoms with van der Waals surface area (Å²) in [5, 5.41) is 0. The minimum Gasteiger partial charge on any atom is -0.430 e. The normalized spacial score (nSPS) is 19.3. The number of nitrogens with zero attached hydrogens (tertiary/aromatic N) is 1. The van der Waals surface area contributed by atoms with Gasteiger partial charge >= 0.3 is 12.1 Å². The van der Waals surface area contributed by atoms with E-state index in [0.717, 1.165) is 23.8 Å². The van der Waals surface area contributed by atoms with Gasteiger partial charge in [0.25, 0.3) is 0 Å². The van der Waals surface area contributed by atoms with Crippen LogP contribution in [0.3, 0.4) is 0 Å². The van der Waals surface area contributed by atoms with Gasteiger partial charge in [-0.15, -0.1) is 0 Å². The monoisotopic (exact) mass is 459 g/mol. The number of carbonyl (C=O) groups is 1. The van der Waals surface area contributed by atoms with Crippen LogP contribution >= 0.6 is 0 Å². The molecule has 0 amide bonds. The van der Waals surface area contributed by atoms with Gasteiger partial charge in [0, 0.05) is 13.1 Å². The van der Waals surface area contributed by atoms with Gasteiger partial charge in [0.15, 0.2) is 0 Å². The Morgan fingerprint density at radius 1 is 1.00 bits per heavy atom. The number of hydrogen-bond acceptors (Lipinski definition) is 4. The highest BCUT2D eigenvalue weighted by Gasteiger charge is 2.37. The lowest BCUT2D eigenvalue weighted by Gasteiger charge is -2.40. The molecule has 0 aromatic heterocycles. The third-order valence-corrected chi connectivity index (χ3v) is 5.40. The molecule has 1 heterocycles. The minimum atomic E-state index is -4.58. The molecule has 1 aliphatic rings. The summed E-state index contributed by atoms with van der Waals surface area (Å²) in [6.45, 7) is 1.30. The molecule has 4 rings (SSSR count). The SMILES string of the molecule is O=C(OC1OCCN(Cc2ccccc2)C1c1ccc(F)cc1)c1cccc(C(F)(F)F)c1. The van der Waals surface area contributed by atoms with Gasteiger partial charge in [0.1, 0.15) is 5.82 Å². The first kappa shape index (κ1) is 22.9. The number of rotatable bonds is 5. The van der Waals surface area contributed by atoms with Crippen molar-refractivity contribution in [1.82, 2.24) is 4.90 Å². The van der Waals surface area contributed by atoms with E-state index in [1.165, 1.54) is 18.2 Å². The van der Waals surface area contributed by atoms with Crippen LogP contribution in [0, 0.1) is 5.82 Å². The summed E-state index contributed by atoms with van der Waals surface area (Å²) in [5.74, 6) is -1.35. The molecule has 0 bridgehead atoms. The Morgan fingerprint density at radius 2 is 1.73 bits per heavy atom. The van der Waals surface area contributed by atoms with Gasteiger partial charge in [0.05, 0.1) is 23.8 Å². The Balaban J connectivity index is 1.61. The van der Waals surface area contributed by atoms with Crippen molar-refractivity contribution in [3.05, 3.63) is 107 Å². The first-order valence-corrected chi connectivity index (χ1v) is 10.3. The number of ether oxygens (including phenoxy) is 2. The number of alkyl halides is 3. The third kappa shape index (κ3) is 5.58. The molecule has 8 heteroatoms. The van der Waals surface area contributed by atoms with Crippen LogP contribution in [0.15, 0.2) is 78.9 Å². The van der Waals surface area contributed by atoms with Crippen LogP contribution in [0.25, 0.3) is 0 Å². The first-order valence-electron chi connectivity index (χ1n) is 10.3. The topological polar surface area (TPSA) is 38.8 Å². The largest absolute Gasteiger partial charge is 0.430 e. The highest BCUT2D eigenvalue weighted by molar-refractivity contribution is 5.89. The van der Waals surface area contributed by atoms with E-state index in [2.05, 4.69) is 0 Å². The molecule has 0 spiro atoms. The Morgan fingerprint density at radius 3 is 2.42 bits per heavy atom. The predicted molar refractivity (Wildman–Crippen MR) is 113 cm³/mol. The molecule has 172 valence electrons. The summed E-state index contributed by atoms with van der Waals surface area (Å²) in [5.41, 5.74) is 0.511. The van der Waals surface area contributed by atoms with Crippen molar-refractivity contribution < 1.29 is 31.8 Å². The molecule has 2 atom stereocenters. The predicted octanol–water partition coefficient (Wildman–Crippen LogP) is 5.60. The van der Waals surface area contributed by atoms with E-state index in [1.807, 2.05) is 35.2 Å². The molecule has 0 saturated carbocycles. The smallest absolute Gasteiger partial charge is 0.416 e. The summed E-state index contributed by atoms with van der Waals surface area (Å²) in [6.07, 6.45) is -5.67. The molecule has 1 aliphatic heterocycles. The van der Waals surface area contributed by atoms with Crippen molar-refractivity contribution in [1.29, 1.82) is 0 Å². The van der Waals surface area contributed by atoms with Gasteiger partial charge in [0.2, 0.25) is 6.29 Å². The molecule has 1 saturated heterocycles. The quantitative estimate of drug-likeness (QED) is 0.368. The Bertz CT molecular complexity index is 1090. The number of esters is 1. The maximum atomic E-state index is 13.5. The summed E-state index contributed by atoms with van der Waals surface area (Å²) in [6, 6.07) is 18.9. The minimum absolute atomic E-state index is 0.230. The van der Waals surface area contributed by atoms with E-state index >= 15 is 0 Å². The lowest BCUT2D eigenvalue weighted by molar-refractivity contribution is -0.186. The van der Waals surface area contributed by atoms with Crippen LogP contribution in [-0.2, 0) is 22.2 Å². The second-order valence-corrected chi connectivity index (χ2v) is 7.68. The molecular formula is C25H21F4NO3. The molecule has 3 aromatic rings. The van der Waals surface area contributed by atoms with Crippen LogP contribution in [0.4, 0.5) is 17.6 Å². The Kier molecular flexibility index (Phi) is 6.76. The van der Waals surface area contributed by atoms with Gasteiger partial charge in [-0.2, -0.15) is 13.2 Å². The van der Waals surface area contributed by atoms with Crippen molar-refractivity contribution in [3.8, 4) is 0 Å². The van der Waals surface area contributed by atoms with Crippen molar-refractivity contribution in [3.63, 3.8) is 0 Å². The number of benzene rings is 3. The maximum absolute atomic E-state index is 13.5. The fourth-order valence-electron chi connectivity index (χ4n) is 3.81. The molecule has 0 radical (unpaired) electrons. The standard InChI is InChI=1S/C25H21F4NO3/c26-21-11-9-18(10-12-21)22-24(32-14-13-30(22)16-17-5-2-1-3-6-17)33-23(31)19-7-4-8-20(15-19)25(27,28)29/h1-12,15,22,24H,13-14,16H2. The lowest BCUT2D eigenvalue weighted by Crippen LogP contribution is -2.46. The number of carbonyl (C=O) groups excluding carboxylic acids is 1. The van der Waals surface area contributed by atoms with Crippen molar-refractivity contribution in [2.24, 2.45) is 0 Å². The van der Waals surface area contributed by atoms with Gasteiger partial charge in [-0.25, -0.2) is 9.18 Å². The van der Waals surface area contributed by atoms with Crippen LogP contribution in [0.2, 0.25) is 0 Å². The molecule has 1 fully saturated rings. The number of morpholine rings is 1. The number of halogens is 4. The van der Waals surface area contributed by atoms with Crippen LogP contribution in [0.5, 0.6) is 0 Å². The summed E-state index contributed by atoms with van der Waals surface area (Å²) < 4.78 is 64.0. The lowest BCUT2D eigenvalue weighted by atomic mass is 10.0. The zero-order valence-electron chi connectivity index (χ0n) is 17.5. The van der Waals surface area contributed by atoms with Crippen molar-refractivity contribution in [2.75, 3.05) is 13.2 Å². The van der Waals surface area contributed by atoms with E-state index in [9.17, 15) is 22.4 Å². The van der Waals surface area contributed by atoms with E-state index in [0.29, 0.717) is 18.7 Å². The average molecular weight is 459 g/mol. The second kappa shape index (κ2) is 9.72. The molecular weight excluding hydrogens is 438 g/mol. The fourth-order valence-corrected chi connectivity index (χ4v) is 3.81. The van der Waals surface area contributed by atoms with Crippen LogP contribution in [0.1, 0.15) is 33.1 Å². The highest BCUT2D eigenvalue weighted by Crippen LogP contribution is 2.33. The van der Waals surface area contributed by atoms with Gasteiger partial charge < -0.3 is 9.47 Å². The maximum Gasteiger partial charge on any atom is 0.416 e. The summed E-state index contributed by atoms with van der Waals surface area (Å²) >= 11 is 0. The van der Waals surface area contributed by atoms with E-state index in [1.54, 1.807) is 12.1 Å². The highest BCUT2D eigenvalue weighted by atomic mass is 19.4. The van der Waals surface area contributed by atoms with Crippen molar-refractivity contribution in [2.45, 2.75) is 25.1 Å². The zero-order valence-corrected chi connectivity index (χ0v) is 17.5. The molecule has 0 N–H and O–H groups in total. The molecule has 0 aliphatic carbocycles. The van der Waals surface area contributed by atoms with Crippen LogP contribution in [-0.4, -0.2) is 30.3 Å². The summed E-state index contributed by atoms with van der Waals surface area (Å²) in [7, 11) is 0. The molecule has 33 heavy (non-hydrogen) atoms. The van der Waals surface area contributed by atoms with Gasteiger partial charge in [-0.3, -0.25) is 4.90 Å². The van der Waals surface area contributed by atoms with E-state index < -0.39 is 35.9 Å². The van der Waals surface area contributed by atoms with Crippen molar-refractivity contribution >= 4 is 5.97 Å². The molecule has 3 aromatic carbocycles. The van der Waals surface area contributed by atoms with Gasteiger partial charge in [-0.1, -0.05) is 48.5 Å². The molecule has 2 unspecified atom stereocenters. The Labute approximate surface area is 188 Å². The van der Waals surface area contributed by atoms with Gasteiger partial charge in [-0.05, 0) is 41.5 Å². The zero-order chi connectivity index (χ0) is 23.4. The first-order chi connectivity index (χ1) is 15.8. The fraction of sp³-hybridized carbons (Fsp3) is 0.240. The second-order valence-electron chi connectivity index (χ2n) is 7.68. The summed E-state index contributed by atoms with van der Waals surface area (Å²) in [4.78, 5) is 14.8. The average Bonchev–Trinajstić information content (AvgIpc) is 2.80. The molecule has 4 nitrogen and oxygen atoms in total. The van der Waals surface area contributed by atoms with E-state index in [4.69, 9.17) is 9.47 Å².